The number of rotatable bonds is 5. The quantitative estimate of drug-likeness (QED) is 0.0787. The van der Waals surface area contributed by atoms with Crippen molar-refractivity contribution in [1.29, 1.82) is 0 Å². The van der Waals surface area contributed by atoms with Crippen LogP contribution in [0.1, 0.15) is 28.1 Å². The molecule has 0 saturated carbocycles. The Labute approximate surface area is 344 Å². The number of nitrogens with zero attached hydrogens (tertiary/aromatic N) is 3. The van der Waals surface area contributed by atoms with Crippen LogP contribution < -0.4 is 0 Å². The molecule has 0 aliphatic carbocycles. The Bertz CT molecular complexity index is 3400. The average molecular weight is 955 g/mol. The third kappa shape index (κ3) is 6.39. The van der Waals surface area contributed by atoms with Crippen molar-refractivity contribution >= 4 is 54.1 Å². The minimum atomic E-state index is -5.91. The number of aromatic amines is 1. The molecule has 5 heterocycles. The van der Waals surface area contributed by atoms with Crippen LogP contribution in [0, 0.1) is 87.3 Å². The molecule has 0 fully saturated rings. The highest BCUT2D eigenvalue weighted by Gasteiger charge is 2.40. The molecule has 4 aliphatic rings. The Hall–Kier alpha value is -6.84. The van der Waals surface area contributed by atoms with Gasteiger partial charge in [0, 0.05) is 16.7 Å². The van der Waals surface area contributed by atoms with Crippen LogP contribution in [0.5, 0.6) is 0 Å². The predicted molar refractivity (Wildman–Crippen MR) is 188 cm³/mol. The van der Waals surface area contributed by atoms with E-state index in [1.54, 1.807) is 0 Å². The van der Waals surface area contributed by atoms with Crippen LogP contribution in [0.4, 0.5) is 65.9 Å². The van der Waals surface area contributed by atoms with E-state index in [4.69, 9.17) is 0 Å². The molecule has 0 spiro atoms. The largest absolute Gasteiger partial charge is 0.352 e. The van der Waals surface area contributed by atoms with E-state index < -0.39 is 196 Å². The van der Waals surface area contributed by atoms with Gasteiger partial charge in [-0.1, -0.05) is 0 Å². The van der Waals surface area contributed by atoms with Crippen LogP contribution in [0.25, 0.3) is 16.7 Å². The first-order valence-electron chi connectivity index (χ1n) is 16.6. The Kier molecular flexibility index (Phi) is 9.99. The first-order chi connectivity index (χ1) is 29.8. The summed E-state index contributed by atoms with van der Waals surface area (Å²) in [5.41, 5.74) is -20.9. The van der Waals surface area contributed by atoms with E-state index in [-0.39, 0.29) is 12.1 Å². The number of halogens is 15. The highest BCUT2D eigenvalue weighted by molar-refractivity contribution is 7.90. The van der Waals surface area contributed by atoms with E-state index >= 15 is 26.3 Å². The number of fused-ring (bicyclic) bond motifs is 6. The maximum atomic E-state index is 15.7. The van der Waals surface area contributed by atoms with Crippen molar-refractivity contribution in [3.8, 4) is 0 Å². The minimum Gasteiger partial charge on any atom is -0.352 e. The lowest BCUT2D eigenvalue weighted by Crippen LogP contribution is -2.14. The lowest BCUT2D eigenvalue weighted by atomic mass is 9.96. The van der Waals surface area contributed by atoms with Crippen LogP contribution in [0.15, 0.2) is 78.3 Å². The maximum Gasteiger partial charge on any atom is 0.296 e. The summed E-state index contributed by atoms with van der Waals surface area (Å²) in [6, 6.07) is 0.218. The third-order valence-corrected chi connectivity index (χ3v) is 11.3. The molecular formula is C37H9F15N4O6S2. The second-order valence-electron chi connectivity index (χ2n) is 13.1. The summed E-state index contributed by atoms with van der Waals surface area (Å²) in [6.45, 7) is 0. The summed E-state index contributed by atoms with van der Waals surface area (Å²) >= 11 is 0. The van der Waals surface area contributed by atoms with E-state index in [1.165, 1.54) is 0 Å². The van der Waals surface area contributed by atoms with E-state index in [0.717, 1.165) is 0 Å². The van der Waals surface area contributed by atoms with Crippen molar-refractivity contribution in [3.63, 3.8) is 0 Å². The first kappa shape index (κ1) is 43.8. The number of aliphatic imine (C=N–C) groups is 3. The smallest absolute Gasteiger partial charge is 0.296 e. The summed E-state index contributed by atoms with van der Waals surface area (Å²) in [6.07, 6.45) is 2.09. The van der Waals surface area contributed by atoms with Gasteiger partial charge in [0.05, 0.1) is 62.3 Å². The molecule has 0 radical (unpaired) electrons. The van der Waals surface area contributed by atoms with Gasteiger partial charge < -0.3 is 4.98 Å². The van der Waals surface area contributed by atoms with Gasteiger partial charge in [-0.2, -0.15) is 16.8 Å². The standard InChI is InChI=1S/C37H9F15N4O6S2/c38-21-18(22(39)28(45)33(50)27(21)44)15-7-1-3-9(53-7)16(19-23(40)29(46)34(51)30(47)24(19)41)36-13(63(57,58)59)5-11(55-36)12-6-14(64(60,61)62)37(56-12)17(10-4-2-8(15)54-10)20-25(42)31(48)35(52)32(49)26(20)43/h1-6,55H,(H,57,58,59)(H,60,61,62). The molecule has 4 aliphatic heterocycles. The van der Waals surface area contributed by atoms with Crippen LogP contribution >= 0.6 is 0 Å². The van der Waals surface area contributed by atoms with Gasteiger partial charge in [-0.15, -0.1) is 0 Å². The summed E-state index contributed by atoms with van der Waals surface area (Å²) < 4.78 is 298. The van der Waals surface area contributed by atoms with Crippen molar-refractivity contribution in [2.24, 2.45) is 15.0 Å². The topological polar surface area (TPSA) is 162 Å². The second-order valence-corrected chi connectivity index (χ2v) is 15.9. The molecule has 10 nitrogen and oxygen atoms in total. The van der Waals surface area contributed by atoms with Crippen LogP contribution in [-0.2, 0) is 20.2 Å². The van der Waals surface area contributed by atoms with Gasteiger partial charge in [-0.3, -0.25) is 9.11 Å². The van der Waals surface area contributed by atoms with E-state index in [2.05, 4.69) is 15.0 Å². The molecule has 64 heavy (non-hydrogen) atoms. The maximum absolute atomic E-state index is 15.7. The summed E-state index contributed by atoms with van der Waals surface area (Å²) in [5, 5.41) is 0. The predicted octanol–water partition coefficient (Wildman–Crippen LogP) is 8.54. The molecule has 330 valence electrons. The molecule has 8 rings (SSSR count). The number of allylic oxidation sites excluding steroid dienone is 7. The normalized spacial score (nSPS) is 16.2. The minimum absolute atomic E-state index is 0.194. The Morgan fingerprint density at radius 1 is 0.422 bits per heavy atom. The van der Waals surface area contributed by atoms with E-state index in [9.17, 15) is 65.5 Å². The van der Waals surface area contributed by atoms with Gasteiger partial charge in [0.2, 0.25) is 17.5 Å². The number of H-pyrrole nitrogens is 1. The number of nitrogens with one attached hydrogen (secondary N) is 1. The molecule has 27 heteroatoms. The Morgan fingerprint density at radius 3 is 1.19 bits per heavy atom. The second kappa shape index (κ2) is 14.6. The Morgan fingerprint density at radius 2 is 0.781 bits per heavy atom. The highest BCUT2D eigenvalue weighted by atomic mass is 32.2. The van der Waals surface area contributed by atoms with Crippen LogP contribution in [-0.4, -0.2) is 48.1 Å². The number of benzene rings is 3. The molecule has 0 amide bonds. The number of hydrogen-bond acceptors (Lipinski definition) is 7. The first-order valence-corrected chi connectivity index (χ1v) is 19.5. The van der Waals surface area contributed by atoms with Crippen molar-refractivity contribution in [3.05, 3.63) is 174 Å². The molecule has 0 unspecified atom stereocenters. The number of aromatic nitrogens is 1. The highest BCUT2D eigenvalue weighted by Crippen LogP contribution is 2.44. The molecule has 3 N–H and O–H groups in total. The van der Waals surface area contributed by atoms with Crippen molar-refractivity contribution in [2.75, 3.05) is 0 Å². The SMILES string of the molecule is O=S(=O)(O)C1=CC2=NC1=C(c1c(F)c(F)c(F)c(F)c1F)C1=NC(=C(c3c(F)c(F)c(F)c(F)c3F)C3=NC(=C(c4c(F)c(F)c(F)c(F)c4F)c4[nH]c2cc4S(=O)(=O)O)C=C3)C=C1. The van der Waals surface area contributed by atoms with Gasteiger partial charge in [0.15, 0.2) is 69.8 Å². The average Bonchev–Trinajstić information content (AvgIpc) is 4.07. The molecule has 0 atom stereocenters. The zero-order chi connectivity index (χ0) is 47.0. The van der Waals surface area contributed by atoms with Gasteiger partial charge in [0.25, 0.3) is 20.2 Å². The zero-order valence-corrected chi connectivity index (χ0v) is 31.5. The molecule has 4 aromatic rings. The van der Waals surface area contributed by atoms with Crippen LogP contribution in [0.2, 0.25) is 0 Å². The fourth-order valence-corrected chi connectivity index (χ4v) is 8.10. The Balaban J connectivity index is 1.65. The van der Waals surface area contributed by atoms with Gasteiger partial charge in [-0.05, 0) is 36.4 Å². The fraction of sp³-hybridized carbons (Fsp3) is 0. The zero-order valence-electron chi connectivity index (χ0n) is 29.8. The molecule has 0 saturated heterocycles. The van der Waals surface area contributed by atoms with Crippen molar-refractivity contribution < 1.29 is 91.8 Å². The fourth-order valence-electron chi connectivity index (χ4n) is 6.77. The molecular weight excluding hydrogens is 946 g/mol. The molecule has 8 bridgehead atoms. The molecule has 3 aromatic carbocycles. The van der Waals surface area contributed by atoms with Gasteiger partial charge >= 0.3 is 0 Å². The lowest BCUT2D eigenvalue weighted by Gasteiger charge is -2.15. The molecule has 1 aromatic heterocycles. The monoisotopic (exact) mass is 954 g/mol. The van der Waals surface area contributed by atoms with Crippen molar-refractivity contribution in [2.45, 2.75) is 4.90 Å². The van der Waals surface area contributed by atoms with Crippen LogP contribution in [0.3, 0.4) is 0 Å². The van der Waals surface area contributed by atoms with Gasteiger partial charge in [-0.25, -0.2) is 80.8 Å². The summed E-state index contributed by atoms with van der Waals surface area (Å²) in [4.78, 5) is 10.1. The van der Waals surface area contributed by atoms with E-state index in [1.807, 2.05) is 4.98 Å². The lowest BCUT2D eigenvalue weighted by molar-refractivity contribution is 0.376. The van der Waals surface area contributed by atoms with Crippen molar-refractivity contribution in [1.82, 2.24) is 4.98 Å². The van der Waals surface area contributed by atoms with E-state index in [0.29, 0.717) is 24.3 Å². The third-order valence-electron chi connectivity index (χ3n) is 9.52. The van der Waals surface area contributed by atoms with Gasteiger partial charge in [0.1, 0.15) is 9.80 Å². The summed E-state index contributed by atoms with van der Waals surface area (Å²) in [5.74, 6) is -41.1. The summed E-state index contributed by atoms with van der Waals surface area (Å²) in [7, 11) is -11.8. The number of hydrogen-bond donors (Lipinski definition) is 3.